The van der Waals surface area contributed by atoms with Crippen molar-refractivity contribution >= 4 is 23.5 Å². The van der Waals surface area contributed by atoms with E-state index in [4.69, 9.17) is 9.26 Å². The largest absolute Gasteiger partial charge is 0.490 e. The molecule has 0 aliphatic heterocycles. The van der Waals surface area contributed by atoms with Crippen LogP contribution in [0.25, 0.3) is 0 Å². The van der Waals surface area contributed by atoms with Crippen molar-refractivity contribution in [3.05, 3.63) is 0 Å². The zero-order chi connectivity index (χ0) is 57.9. The van der Waals surface area contributed by atoms with E-state index in [1.807, 2.05) is 0 Å². The topological polar surface area (TPSA) is 250 Å². The lowest BCUT2D eigenvalue weighted by Gasteiger charge is -2.44. The van der Waals surface area contributed by atoms with Crippen LogP contribution in [-0.2, 0) is 31.6 Å². The molecule has 0 aliphatic carbocycles. The molecular weight excluding hydrogens is 1050 g/mol. The summed E-state index contributed by atoms with van der Waals surface area (Å²) >= 11 is 0. The van der Waals surface area contributed by atoms with Crippen molar-refractivity contribution < 1.29 is 71.6 Å². The summed E-state index contributed by atoms with van der Waals surface area (Å²) in [5.74, 6) is 0. The molecule has 6 atom stereocenters. The first-order chi connectivity index (χ1) is 37.5. The van der Waals surface area contributed by atoms with Crippen LogP contribution in [0.1, 0.15) is 342 Å². The Morgan fingerprint density at radius 2 is 0.603 bits per heavy atom. The lowest BCUT2D eigenvalue weighted by Crippen LogP contribution is -2.58. The van der Waals surface area contributed by atoms with Gasteiger partial charge >= 0.3 is 23.5 Å². The van der Waals surface area contributed by atoms with Crippen LogP contribution >= 0.6 is 23.5 Å². The van der Waals surface area contributed by atoms with Crippen molar-refractivity contribution in [2.75, 3.05) is 13.2 Å². The second-order valence-electron chi connectivity index (χ2n) is 23.2. The van der Waals surface area contributed by atoms with Crippen molar-refractivity contribution in [2.45, 2.75) is 372 Å². The van der Waals surface area contributed by atoms with Crippen LogP contribution in [0.4, 0.5) is 0 Å². The van der Waals surface area contributed by atoms with E-state index in [1.54, 1.807) is 0 Å². The van der Waals surface area contributed by atoms with Gasteiger partial charge in [-0.25, -0.2) is 13.7 Å². The predicted octanol–water partition coefficient (Wildman–Crippen LogP) is 18.1. The van der Waals surface area contributed by atoms with Crippen molar-refractivity contribution in [2.24, 2.45) is 0 Å². The Bertz CT molecular complexity index is 1400. The van der Waals surface area contributed by atoms with Gasteiger partial charge in [0.1, 0.15) is 24.4 Å². The molecule has 0 heterocycles. The molecule has 0 saturated carbocycles. The summed E-state index contributed by atoms with van der Waals surface area (Å²) in [5.41, 5.74) is -1.62. The second kappa shape index (κ2) is 52.7. The second-order valence-corrected chi connectivity index (χ2v) is 27.5. The van der Waals surface area contributed by atoms with Gasteiger partial charge in [0.05, 0.1) is 12.2 Å². The van der Waals surface area contributed by atoms with Crippen molar-refractivity contribution in [1.29, 1.82) is 0 Å². The number of ether oxygens (including phenoxy) is 1. The third-order valence-corrected chi connectivity index (χ3v) is 19.5. The first-order valence-corrected chi connectivity index (χ1v) is 37.1. The van der Waals surface area contributed by atoms with E-state index in [0.717, 1.165) is 89.9 Å². The molecular formula is C60H125O15P3. The number of rotatable bonds is 63. The highest BCUT2D eigenvalue weighted by Gasteiger charge is 2.52. The minimum atomic E-state index is -5.96. The lowest BCUT2D eigenvalue weighted by atomic mass is 9.80. The molecule has 0 spiro atoms. The average molecular weight is 1180 g/mol. The molecule has 15 nitrogen and oxygen atoms in total. The molecule has 78 heavy (non-hydrogen) atoms. The van der Waals surface area contributed by atoms with Gasteiger partial charge in [-0.2, -0.15) is 8.62 Å². The first-order valence-electron chi connectivity index (χ1n) is 32.6. The van der Waals surface area contributed by atoms with Crippen LogP contribution in [-0.4, -0.2) is 83.2 Å². The van der Waals surface area contributed by atoms with Crippen LogP contribution in [0.2, 0.25) is 0 Å². The fourth-order valence-electron chi connectivity index (χ4n) is 10.9. The van der Waals surface area contributed by atoms with Gasteiger partial charge in [-0.3, -0.25) is 4.52 Å². The van der Waals surface area contributed by atoms with Crippen molar-refractivity contribution in [1.82, 2.24) is 0 Å². The predicted molar refractivity (Wildman–Crippen MR) is 320 cm³/mol. The van der Waals surface area contributed by atoms with E-state index in [2.05, 4.69) is 29.4 Å². The molecule has 470 valence electrons. The molecule has 2 unspecified atom stereocenters. The maximum absolute atomic E-state index is 13.7. The number of hydrogen-bond donors (Lipinski definition) is 8. The molecule has 0 rings (SSSR count). The van der Waals surface area contributed by atoms with Crippen molar-refractivity contribution in [3.63, 3.8) is 0 Å². The zero-order valence-corrected chi connectivity index (χ0v) is 53.0. The number of aliphatic hydroxyl groups is 4. The Hall–Kier alpha value is 0.210. The molecule has 0 aromatic heterocycles. The summed E-state index contributed by atoms with van der Waals surface area (Å²) in [6, 6.07) is 0. The van der Waals surface area contributed by atoms with Crippen LogP contribution in [0.5, 0.6) is 0 Å². The SMILES string of the molecule is CCCCCCCCCCCCCCCCCCOC(CCCCCCCCCCCCCCCCCC)(CCCCCCCCCCCCCCCCCC)[C@H](OP(=O)(O)OP(=O)(O)OP(=O)(O)O)[C@@H](O)[C@H](O)[C@H](O)CO. The zero-order valence-electron chi connectivity index (χ0n) is 50.4. The van der Waals surface area contributed by atoms with Gasteiger partial charge in [0.25, 0.3) is 0 Å². The smallest absolute Gasteiger partial charge is 0.394 e. The number of hydrogen-bond acceptors (Lipinski definition) is 11. The summed E-state index contributed by atoms with van der Waals surface area (Å²) < 4.78 is 58.4. The summed E-state index contributed by atoms with van der Waals surface area (Å²) in [5, 5.41) is 43.5. The van der Waals surface area contributed by atoms with Gasteiger partial charge < -0.3 is 44.7 Å². The molecule has 0 radical (unpaired) electrons. The van der Waals surface area contributed by atoms with Gasteiger partial charge in [0, 0.05) is 6.61 Å². The highest BCUT2D eigenvalue weighted by molar-refractivity contribution is 7.66. The fraction of sp³-hybridized carbons (Fsp3) is 1.00. The normalized spacial score (nSPS) is 15.6. The Kier molecular flexibility index (Phi) is 52.9. The van der Waals surface area contributed by atoms with E-state index < -0.39 is 60.1 Å². The Morgan fingerprint density at radius 1 is 0.346 bits per heavy atom. The van der Waals surface area contributed by atoms with Crippen LogP contribution in [0, 0.1) is 0 Å². The number of phosphoric acid groups is 3. The molecule has 8 N–H and O–H groups in total. The Balaban J connectivity index is 6.11. The monoisotopic (exact) mass is 1180 g/mol. The standard InChI is InChI=1S/C60H125O15P3/c1-4-7-10-13-16-19-22-25-28-31-34-37-40-43-46-49-52-60(53-50-47-44-41-38-35-32-29-26-23-20-17-14-11-8-5-2,72-54-51-48-45-42-39-36-33-30-27-24-21-18-15-12-9-6-3)59(58(64)57(63)56(62)55-61)73-77(68,69)75-78(70,71)74-76(65,66)67/h56-59,61-64H,4-55H2,1-3H3,(H,68,69)(H,70,71)(H2,65,66,67)/t56-,57-,58+,59-/m1/s1. The molecule has 0 bridgehead atoms. The molecule has 0 fully saturated rings. The molecule has 0 aliphatic rings. The summed E-state index contributed by atoms with van der Waals surface area (Å²) in [6.07, 6.45) is 47.7. The molecule has 0 saturated heterocycles. The van der Waals surface area contributed by atoms with Crippen molar-refractivity contribution in [3.8, 4) is 0 Å². The Labute approximate surface area is 478 Å². The van der Waals surface area contributed by atoms with E-state index in [1.165, 1.54) is 199 Å². The summed E-state index contributed by atoms with van der Waals surface area (Å²) in [4.78, 5) is 39.7. The quantitative estimate of drug-likeness (QED) is 0.0208. The summed E-state index contributed by atoms with van der Waals surface area (Å²) in [6.45, 7) is 5.90. The van der Waals surface area contributed by atoms with Crippen LogP contribution in [0.15, 0.2) is 0 Å². The summed E-state index contributed by atoms with van der Waals surface area (Å²) in [7, 11) is -17.6. The number of aliphatic hydroxyl groups excluding tert-OH is 4. The molecule has 0 aromatic rings. The average Bonchev–Trinajstić information content (AvgIpc) is 3.38. The number of phosphoric ester groups is 1. The lowest BCUT2D eigenvalue weighted by molar-refractivity contribution is -0.193. The van der Waals surface area contributed by atoms with Crippen LogP contribution < -0.4 is 0 Å². The van der Waals surface area contributed by atoms with E-state index in [0.29, 0.717) is 19.3 Å². The molecule has 18 heteroatoms. The maximum atomic E-state index is 13.7. The first kappa shape index (κ1) is 78.2. The Morgan fingerprint density at radius 3 is 0.859 bits per heavy atom. The highest BCUT2D eigenvalue weighted by atomic mass is 31.3. The third-order valence-electron chi connectivity index (χ3n) is 15.7. The minimum absolute atomic E-state index is 0.151. The van der Waals surface area contributed by atoms with Gasteiger partial charge in [-0.1, -0.05) is 323 Å². The van der Waals surface area contributed by atoms with E-state index in [-0.39, 0.29) is 19.4 Å². The van der Waals surface area contributed by atoms with Gasteiger partial charge in [0.15, 0.2) is 0 Å². The number of unbranched alkanes of at least 4 members (excludes halogenated alkanes) is 45. The molecule has 0 aromatic carbocycles. The molecule has 0 amide bonds. The van der Waals surface area contributed by atoms with E-state index >= 15 is 0 Å². The fourth-order valence-corrected chi connectivity index (χ4v) is 14.2. The minimum Gasteiger partial charge on any atom is -0.394 e. The van der Waals surface area contributed by atoms with Gasteiger partial charge in [-0.05, 0) is 19.3 Å². The van der Waals surface area contributed by atoms with Gasteiger partial charge in [-0.15, -0.1) is 0 Å². The van der Waals surface area contributed by atoms with Gasteiger partial charge in [0.2, 0.25) is 0 Å². The van der Waals surface area contributed by atoms with E-state index in [9.17, 15) is 53.7 Å². The third kappa shape index (κ3) is 47.6. The highest BCUT2D eigenvalue weighted by Crippen LogP contribution is 2.67. The maximum Gasteiger partial charge on any atom is 0.490 e. The van der Waals surface area contributed by atoms with Crippen LogP contribution in [0.3, 0.4) is 0 Å².